The lowest BCUT2D eigenvalue weighted by molar-refractivity contribution is -0.213. The Balaban J connectivity index is 1.70. The first-order valence-corrected chi connectivity index (χ1v) is 9.50. The summed E-state index contributed by atoms with van der Waals surface area (Å²) in [5.74, 6) is -0.463. The minimum atomic E-state index is -1.45. The average Bonchev–Trinajstić information content (AvgIpc) is 3.10. The van der Waals surface area contributed by atoms with Crippen molar-refractivity contribution in [2.45, 2.75) is 23.2 Å². The van der Waals surface area contributed by atoms with Gasteiger partial charge in [0, 0.05) is 11.5 Å². The molecule has 0 aromatic heterocycles. The third kappa shape index (κ3) is 1.64. The Kier molecular flexibility index (Phi) is 2.97. The zero-order valence-electron chi connectivity index (χ0n) is 15.0. The first-order valence-electron chi connectivity index (χ1n) is 9.50. The molecule has 0 bridgehead atoms. The van der Waals surface area contributed by atoms with Crippen molar-refractivity contribution in [1.82, 2.24) is 0 Å². The third-order valence-corrected chi connectivity index (χ3v) is 6.55. The summed E-state index contributed by atoms with van der Waals surface area (Å²) in [6.07, 6.45) is -0.644. The monoisotopic (exact) mass is 370 g/mol. The fourth-order valence-corrected chi connectivity index (χ4v) is 5.47. The van der Waals surface area contributed by atoms with Crippen molar-refractivity contribution in [3.05, 3.63) is 102 Å². The molecule has 5 atom stereocenters. The second-order valence-electron chi connectivity index (χ2n) is 7.74. The van der Waals surface area contributed by atoms with Gasteiger partial charge in [-0.25, -0.2) is 0 Å². The van der Waals surface area contributed by atoms with Gasteiger partial charge >= 0.3 is 5.97 Å². The van der Waals surface area contributed by atoms with E-state index in [2.05, 4.69) is 0 Å². The molecule has 4 heteroatoms. The number of benzene rings is 3. The van der Waals surface area contributed by atoms with Crippen LogP contribution in [-0.2, 0) is 20.7 Å². The number of para-hydroxylation sites is 1. The van der Waals surface area contributed by atoms with Crippen molar-refractivity contribution < 1.29 is 19.4 Å². The summed E-state index contributed by atoms with van der Waals surface area (Å²) in [6.45, 7) is 0. The van der Waals surface area contributed by atoms with Gasteiger partial charge in [-0.2, -0.15) is 0 Å². The molecule has 3 aromatic carbocycles. The summed E-state index contributed by atoms with van der Waals surface area (Å²) >= 11 is 0. The van der Waals surface area contributed by atoms with E-state index in [4.69, 9.17) is 9.47 Å². The molecule has 28 heavy (non-hydrogen) atoms. The summed E-state index contributed by atoms with van der Waals surface area (Å²) in [7, 11) is 0. The maximum Gasteiger partial charge on any atom is 0.314 e. The standard InChI is InChI=1S/C24H18O4/c25-22-19-20(15-9-3-1-4-10-15)24(16-11-5-2-6-12-16)23(26,21(19)27-22)17-13-7-8-14-18(17)28-24/h1-14,19-21,26H/t19-,20-,21-,23+,24+/m0/s1. The van der Waals surface area contributed by atoms with Crippen molar-refractivity contribution >= 4 is 5.97 Å². The largest absolute Gasteiger partial charge is 0.478 e. The Labute approximate surface area is 162 Å². The molecule has 138 valence electrons. The normalized spacial score (nSPS) is 34.5. The molecular formula is C24H18O4. The van der Waals surface area contributed by atoms with E-state index in [9.17, 15) is 9.90 Å². The van der Waals surface area contributed by atoms with Crippen molar-refractivity contribution in [3.63, 3.8) is 0 Å². The molecule has 1 saturated carbocycles. The Morgan fingerprint density at radius 3 is 2.18 bits per heavy atom. The number of carbonyl (C=O) groups is 1. The maximum atomic E-state index is 12.6. The Morgan fingerprint density at radius 1 is 0.821 bits per heavy atom. The van der Waals surface area contributed by atoms with E-state index < -0.39 is 23.2 Å². The summed E-state index contributed by atoms with van der Waals surface area (Å²) in [5, 5.41) is 12.2. The fourth-order valence-electron chi connectivity index (χ4n) is 5.47. The summed E-state index contributed by atoms with van der Waals surface area (Å²) in [6, 6.07) is 27.1. The van der Waals surface area contributed by atoms with Crippen LogP contribution in [-0.4, -0.2) is 17.2 Å². The Hall–Kier alpha value is -3.11. The van der Waals surface area contributed by atoms with Crippen LogP contribution in [0.5, 0.6) is 5.75 Å². The van der Waals surface area contributed by atoms with E-state index >= 15 is 0 Å². The minimum Gasteiger partial charge on any atom is -0.478 e. The van der Waals surface area contributed by atoms with E-state index in [-0.39, 0.29) is 11.9 Å². The number of hydrogen-bond acceptors (Lipinski definition) is 4. The molecule has 0 unspecified atom stereocenters. The number of rotatable bonds is 2. The van der Waals surface area contributed by atoms with E-state index in [1.54, 1.807) is 0 Å². The highest BCUT2D eigenvalue weighted by Crippen LogP contribution is 2.71. The fraction of sp³-hybridized carbons (Fsp3) is 0.208. The van der Waals surface area contributed by atoms with Crippen LogP contribution in [0.15, 0.2) is 84.9 Å². The molecule has 2 fully saturated rings. The lowest BCUT2D eigenvalue weighted by Crippen LogP contribution is -2.55. The quantitative estimate of drug-likeness (QED) is 0.702. The molecule has 0 spiro atoms. The lowest BCUT2D eigenvalue weighted by Gasteiger charge is -2.40. The van der Waals surface area contributed by atoms with Crippen LogP contribution in [0.1, 0.15) is 22.6 Å². The third-order valence-electron chi connectivity index (χ3n) is 6.55. The molecule has 2 heterocycles. The van der Waals surface area contributed by atoms with Crippen LogP contribution < -0.4 is 4.74 Å². The Morgan fingerprint density at radius 2 is 1.46 bits per heavy atom. The zero-order valence-corrected chi connectivity index (χ0v) is 15.0. The highest BCUT2D eigenvalue weighted by atomic mass is 16.6. The van der Waals surface area contributed by atoms with E-state index in [1.165, 1.54) is 0 Å². The van der Waals surface area contributed by atoms with Gasteiger partial charge in [0.15, 0.2) is 17.3 Å². The lowest BCUT2D eigenvalue weighted by atomic mass is 9.71. The second kappa shape index (κ2) is 5.24. The molecule has 3 aromatic rings. The number of aliphatic hydroxyl groups is 1. The van der Waals surface area contributed by atoms with Gasteiger partial charge in [-0.05, 0) is 17.2 Å². The smallest absolute Gasteiger partial charge is 0.314 e. The molecule has 4 nitrogen and oxygen atoms in total. The molecule has 2 aliphatic heterocycles. The predicted octanol–water partition coefficient (Wildman–Crippen LogP) is 3.50. The molecule has 1 aliphatic carbocycles. The number of carbonyl (C=O) groups excluding carboxylic acids is 1. The van der Waals surface area contributed by atoms with Crippen molar-refractivity contribution in [2.24, 2.45) is 5.92 Å². The molecule has 6 rings (SSSR count). The van der Waals surface area contributed by atoms with Gasteiger partial charge in [-0.1, -0.05) is 78.9 Å². The van der Waals surface area contributed by atoms with Crippen LogP contribution in [0.4, 0.5) is 0 Å². The van der Waals surface area contributed by atoms with Gasteiger partial charge in [0.2, 0.25) is 0 Å². The first-order chi connectivity index (χ1) is 13.7. The van der Waals surface area contributed by atoms with Gasteiger partial charge in [0.25, 0.3) is 0 Å². The topological polar surface area (TPSA) is 55.8 Å². The molecule has 3 aliphatic rings. The second-order valence-corrected chi connectivity index (χ2v) is 7.74. The number of esters is 1. The van der Waals surface area contributed by atoms with Gasteiger partial charge in [0.1, 0.15) is 11.7 Å². The number of hydrogen-bond donors (Lipinski definition) is 1. The number of fused-ring (bicyclic) bond motifs is 5. The van der Waals surface area contributed by atoms with Crippen LogP contribution >= 0.6 is 0 Å². The summed E-state index contributed by atoms with van der Waals surface area (Å²) < 4.78 is 12.2. The van der Waals surface area contributed by atoms with E-state index in [1.807, 2.05) is 84.9 Å². The molecule has 1 saturated heterocycles. The molecule has 1 N–H and O–H groups in total. The van der Waals surface area contributed by atoms with Crippen LogP contribution in [0, 0.1) is 5.92 Å². The SMILES string of the molecule is O=C1O[C@H]2[C@@H]1[C@H](c1ccccc1)[C@@]1(c3ccccc3)Oc3ccccc3[C@@]21O. The summed E-state index contributed by atoms with van der Waals surface area (Å²) in [4.78, 5) is 12.6. The maximum absolute atomic E-state index is 12.6. The summed E-state index contributed by atoms with van der Waals surface area (Å²) in [5.41, 5.74) is -0.111. The first kappa shape index (κ1) is 15.9. The van der Waals surface area contributed by atoms with Crippen LogP contribution in [0.2, 0.25) is 0 Å². The molecular weight excluding hydrogens is 352 g/mol. The van der Waals surface area contributed by atoms with Crippen molar-refractivity contribution in [2.75, 3.05) is 0 Å². The highest BCUT2D eigenvalue weighted by molar-refractivity contribution is 5.83. The minimum absolute atomic E-state index is 0.280. The van der Waals surface area contributed by atoms with Crippen LogP contribution in [0.25, 0.3) is 0 Å². The van der Waals surface area contributed by atoms with E-state index in [0.717, 1.165) is 11.1 Å². The van der Waals surface area contributed by atoms with Crippen molar-refractivity contribution in [1.29, 1.82) is 0 Å². The van der Waals surface area contributed by atoms with Crippen molar-refractivity contribution in [3.8, 4) is 5.75 Å². The zero-order chi connectivity index (χ0) is 18.9. The van der Waals surface area contributed by atoms with Gasteiger partial charge in [-0.15, -0.1) is 0 Å². The molecule has 0 radical (unpaired) electrons. The van der Waals surface area contributed by atoms with Gasteiger partial charge in [0.05, 0.1) is 0 Å². The Bertz CT molecular complexity index is 1080. The molecule has 0 amide bonds. The van der Waals surface area contributed by atoms with Gasteiger partial charge < -0.3 is 14.6 Å². The van der Waals surface area contributed by atoms with E-state index in [0.29, 0.717) is 11.3 Å². The predicted molar refractivity (Wildman–Crippen MR) is 102 cm³/mol. The average molecular weight is 370 g/mol. The van der Waals surface area contributed by atoms with Gasteiger partial charge in [-0.3, -0.25) is 4.79 Å². The highest BCUT2D eigenvalue weighted by Gasteiger charge is 2.82. The number of ether oxygens (including phenoxy) is 2. The van der Waals surface area contributed by atoms with Crippen LogP contribution in [0.3, 0.4) is 0 Å².